The van der Waals surface area contributed by atoms with Crippen LogP contribution in [0.2, 0.25) is 0 Å². The number of halogens is 2. The second-order valence-corrected chi connectivity index (χ2v) is 9.19. The maximum absolute atomic E-state index is 5.06. The molecule has 0 spiro atoms. The lowest BCUT2D eigenvalue weighted by Crippen LogP contribution is -2.39. The Morgan fingerprint density at radius 3 is 1.69 bits per heavy atom. The maximum atomic E-state index is 5.06. The van der Waals surface area contributed by atoms with Crippen LogP contribution in [0.5, 0.6) is 0 Å². The van der Waals surface area contributed by atoms with Gasteiger partial charge < -0.3 is 5.32 Å². The van der Waals surface area contributed by atoms with Crippen molar-refractivity contribution in [3.63, 3.8) is 0 Å². The Bertz CT molecular complexity index is 1170. The van der Waals surface area contributed by atoms with E-state index in [1.807, 2.05) is 53.6 Å². The van der Waals surface area contributed by atoms with Gasteiger partial charge in [-0.05, 0) is 54.1 Å². The average Bonchev–Trinajstić information content (AvgIpc) is 3.26. The van der Waals surface area contributed by atoms with Crippen LogP contribution in [0, 0.1) is 0 Å². The third-order valence-corrected chi connectivity index (χ3v) is 6.27. The lowest BCUT2D eigenvalue weighted by Gasteiger charge is -2.36. The third-order valence-electron chi connectivity index (χ3n) is 5.22. The van der Waals surface area contributed by atoms with E-state index in [1.54, 1.807) is 0 Å². The van der Waals surface area contributed by atoms with E-state index < -0.39 is 0 Å². The van der Waals surface area contributed by atoms with Crippen molar-refractivity contribution in [3.05, 3.63) is 129 Å². The fourth-order valence-corrected chi connectivity index (χ4v) is 4.20. The fourth-order valence-electron chi connectivity index (χ4n) is 3.67. The fraction of sp³-hybridized carbons (Fsp3) is 0.0385. The van der Waals surface area contributed by atoms with Crippen molar-refractivity contribution >= 4 is 49.1 Å². The van der Waals surface area contributed by atoms with Crippen LogP contribution in [0.1, 0.15) is 17.3 Å². The van der Waals surface area contributed by atoms with Crippen molar-refractivity contribution in [1.82, 2.24) is 10.4 Å². The summed E-state index contributed by atoms with van der Waals surface area (Å²) in [5.74, 6) is 0.822. The standard InChI is InChI=1S/C26H20Br2N4/c27-21-15-11-19(12-16-21)25-29-26(20-13-17-22(28)18-14-20)32(30-25)31(23-7-3-1-4-8-23)24-9-5-2-6-10-24/h1-18,26H,(H,29,30). The van der Waals surface area contributed by atoms with Crippen molar-refractivity contribution in [2.75, 3.05) is 5.01 Å². The largest absolute Gasteiger partial charge is 0.341 e. The number of amidine groups is 1. The number of hydrogen-bond acceptors (Lipinski definition) is 4. The van der Waals surface area contributed by atoms with E-state index in [2.05, 4.69) is 103 Å². The van der Waals surface area contributed by atoms with Gasteiger partial charge in [-0.15, -0.1) is 5.10 Å². The summed E-state index contributed by atoms with van der Waals surface area (Å²) in [5.41, 5.74) is 4.20. The zero-order valence-electron chi connectivity index (χ0n) is 17.1. The van der Waals surface area contributed by atoms with Crippen LogP contribution < -0.4 is 10.3 Å². The van der Waals surface area contributed by atoms with Crippen molar-refractivity contribution in [1.29, 1.82) is 0 Å². The summed E-state index contributed by atoms with van der Waals surface area (Å²) in [4.78, 5) is 0. The van der Waals surface area contributed by atoms with Gasteiger partial charge in [0.15, 0.2) is 12.0 Å². The number of nitrogens with zero attached hydrogens (tertiary/aromatic N) is 3. The first-order valence-corrected chi connectivity index (χ1v) is 11.8. The molecule has 0 saturated carbocycles. The van der Waals surface area contributed by atoms with E-state index in [0.717, 1.165) is 37.3 Å². The van der Waals surface area contributed by atoms with E-state index in [4.69, 9.17) is 5.10 Å². The number of hydrazine groups is 1. The Morgan fingerprint density at radius 1 is 0.656 bits per heavy atom. The Balaban J connectivity index is 1.64. The number of rotatable bonds is 5. The molecule has 4 nitrogen and oxygen atoms in total. The minimum atomic E-state index is -0.179. The highest BCUT2D eigenvalue weighted by atomic mass is 79.9. The highest BCUT2D eigenvalue weighted by Crippen LogP contribution is 2.35. The van der Waals surface area contributed by atoms with Gasteiger partial charge in [0.1, 0.15) is 0 Å². The summed E-state index contributed by atoms with van der Waals surface area (Å²) < 4.78 is 2.08. The van der Waals surface area contributed by atoms with Gasteiger partial charge >= 0.3 is 0 Å². The van der Waals surface area contributed by atoms with Crippen molar-refractivity contribution in [2.24, 2.45) is 5.10 Å². The molecular formula is C26H20Br2N4. The molecule has 1 heterocycles. The van der Waals surface area contributed by atoms with Crippen LogP contribution in [-0.4, -0.2) is 11.0 Å². The van der Waals surface area contributed by atoms with E-state index in [-0.39, 0.29) is 6.17 Å². The van der Waals surface area contributed by atoms with E-state index in [9.17, 15) is 0 Å². The molecule has 1 unspecified atom stereocenters. The van der Waals surface area contributed by atoms with Gasteiger partial charge in [0, 0.05) is 14.5 Å². The highest BCUT2D eigenvalue weighted by Gasteiger charge is 2.33. The smallest absolute Gasteiger partial charge is 0.165 e. The van der Waals surface area contributed by atoms with Crippen LogP contribution in [0.15, 0.2) is 123 Å². The van der Waals surface area contributed by atoms with Crippen LogP contribution in [-0.2, 0) is 0 Å². The van der Waals surface area contributed by atoms with Crippen molar-refractivity contribution in [2.45, 2.75) is 6.17 Å². The molecule has 5 rings (SSSR count). The molecule has 6 heteroatoms. The molecule has 0 aliphatic carbocycles. The summed E-state index contributed by atoms with van der Waals surface area (Å²) in [5, 5.41) is 12.9. The topological polar surface area (TPSA) is 30.9 Å². The minimum absolute atomic E-state index is 0.179. The molecule has 0 bridgehead atoms. The second-order valence-electron chi connectivity index (χ2n) is 7.36. The maximum Gasteiger partial charge on any atom is 0.165 e. The molecule has 0 aromatic heterocycles. The molecule has 4 aromatic carbocycles. The SMILES string of the molecule is Brc1ccc(C2=NN(N(c3ccccc3)c3ccccc3)C(c3ccc(Br)cc3)N2)cc1. The first-order chi connectivity index (χ1) is 15.7. The Hall–Kier alpha value is -3.09. The zero-order valence-corrected chi connectivity index (χ0v) is 20.2. The number of para-hydroxylation sites is 2. The molecule has 1 N–H and O–H groups in total. The summed E-state index contributed by atoms with van der Waals surface area (Å²) in [7, 11) is 0. The van der Waals surface area contributed by atoms with Gasteiger partial charge in [0.2, 0.25) is 0 Å². The molecular weight excluding hydrogens is 528 g/mol. The molecule has 1 atom stereocenters. The predicted molar refractivity (Wildman–Crippen MR) is 138 cm³/mol. The number of anilines is 2. The van der Waals surface area contributed by atoms with Crippen molar-refractivity contribution in [3.8, 4) is 0 Å². The zero-order chi connectivity index (χ0) is 21.9. The average molecular weight is 548 g/mol. The van der Waals surface area contributed by atoms with E-state index in [1.165, 1.54) is 0 Å². The van der Waals surface area contributed by atoms with Crippen LogP contribution in [0.3, 0.4) is 0 Å². The summed E-state index contributed by atoms with van der Waals surface area (Å²) in [6.45, 7) is 0. The Morgan fingerprint density at radius 2 is 1.16 bits per heavy atom. The molecule has 1 aliphatic rings. The first kappa shape index (κ1) is 20.8. The summed E-state index contributed by atoms with van der Waals surface area (Å²) in [6.07, 6.45) is -0.179. The van der Waals surface area contributed by atoms with Crippen LogP contribution in [0.25, 0.3) is 0 Å². The lowest BCUT2D eigenvalue weighted by molar-refractivity contribution is 0.221. The van der Waals surface area contributed by atoms with Gasteiger partial charge in [-0.2, -0.15) is 5.12 Å². The number of hydrogen-bond donors (Lipinski definition) is 1. The third kappa shape index (κ3) is 4.29. The first-order valence-electron chi connectivity index (χ1n) is 10.2. The van der Waals surface area contributed by atoms with Crippen LogP contribution in [0.4, 0.5) is 11.4 Å². The molecule has 4 aromatic rings. The molecule has 0 fully saturated rings. The molecule has 32 heavy (non-hydrogen) atoms. The van der Waals surface area contributed by atoms with E-state index in [0.29, 0.717) is 0 Å². The van der Waals surface area contributed by atoms with Gasteiger partial charge in [0.05, 0.1) is 11.4 Å². The van der Waals surface area contributed by atoms with Crippen molar-refractivity contribution < 1.29 is 0 Å². The Kier molecular flexibility index (Phi) is 5.97. The summed E-state index contributed by atoms with van der Waals surface area (Å²) >= 11 is 7.07. The minimum Gasteiger partial charge on any atom is -0.341 e. The summed E-state index contributed by atoms with van der Waals surface area (Å²) in [6, 6.07) is 37.1. The highest BCUT2D eigenvalue weighted by molar-refractivity contribution is 9.10. The Labute approximate surface area is 204 Å². The molecule has 158 valence electrons. The molecule has 0 amide bonds. The van der Waals surface area contributed by atoms with Gasteiger partial charge in [-0.3, -0.25) is 0 Å². The predicted octanol–water partition coefficient (Wildman–Crippen LogP) is 7.23. The molecule has 0 saturated heterocycles. The molecule has 0 radical (unpaired) electrons. The number of hydrazone groups is 1. The number of nitrogens with one attached hydrogen (secondary N) is 1. The second kappa shape index (κ2) is 9.18. The normalized spacial score (nSPS) is 15.2. The van der Waals surface area contributed by atoms with Gasteiger partial charge in [-0.1, -0.05) is 92.5 Å². The number of benzene rings is 4. The van der Waals surface area contributed by atoms with Gasteiger partial charge in [-0.25, -0.2) is 5.01 Å². The van der Waals surface area contributed by atoms with Crippen LogP contribution >= 0.6 is 31.9 Å². The molecule has 1 aliphatic heterocycles. The monoisotopic (exact) mass is 546 g/mol. The van der Waals surface area contributed by atoms with E-state index >= 15 is 0 Å². The quantitative estimate of drug-likeness (QED) is 0.286. The van der Waals surface area contributed by atoms with Gasteiger partial charge in [0.25, 0.3) is 0 Å². The lowest BCUT2D eigenvalue weighted by atomic mass is 10.1.